The summed E-state index contributed by atoms with van der Waals surface area (Å²) in [5.41, 5.74) is 0.972. The zero-order valence-electron chi connectivity index (χ0n) is 16.5. The summed E-state index contributed by atoms with van der Waals surface area (Å²) in [7, 11) is 0. The Balaban J connectivity index is 1.35. The van der Waals surface area contributed by atoms with Gasteiger partial charge in [0, 0.05) is 32.8 Å². The highest BCUT2D eigenvalue weighted by atomic mass is 16.5. The van der Waals surface area contributed by atoms with Gasteiger partial charge in [0.05, 0.1) is 30.4 Å². The first kappa shape index (κ1) is 18.7. The molecule has 10 nitrogen and oxygen atoms in total. The van der Waals surface area contributed by atoms with Crippen LogP contribution in [0.2, 0.25) is 0 Å². The van der Waals surface area contributed by atoms with Crippen molar-refractivity contribution < 1.29 is 23.2 Å². The molecule has 2 atom stereocenters. The van der Waals surface area contributed by atoms with Crippen molar-refractivity contribution in [3.8, 4) is 0 Å². The molecule has 0 spiro atoms. The monoisotopic (exact) mass is 411 g/mol. The number of aryl methyl sites for hydroxylation is 1. The molecule has 2 fully saturated rings. The van der Waals surface area contributed by atoms with Crippen LogP contribution in [0.25, 0.3) is 11.0 Å². The quantitative estimate of drug-likeness (QED) is 0.632. The summed E-state index contributed by atoms with van der Waals surface area (Å²) in [6.45, 7) is 3.54. The molecule has 5 rings (SSSR count). The number of fused-ring (bicyclic) bond motifs is 2. The summed E-state index contributed by atoms with van der Waals surface area (Å²) in [4.78, 5) is 34.0. The molecule has 0 bridgehead atoms. The predicted molar refractivity (Wildman–Crippen MR) is 103 cm³/mol. The van der Waals surface area contributed by atoms with Gasteiger partial charge in [0.2, 0.25) is 17.7 Å². The zero-order chi connectivity index (χ0) is 20.7. The second-order valence-corrected chi connectivity index (χ2v) is 7.49. The minimum Gasteiger partial charge on any atom is -0.464 e. The van der Waals surface area contributed by atoms with Crippen molar-refractivity contribution in [2.45, 2.75) is 31.9 Å². The molecule has 30 heavy (non-hydrogen) atoms. The number of carbonyl (C=O) groups excluding carboxylic acids is 2. The van der Waals surface area contributed by atoms with Crippen molar-refractivity contribution >= 4 is 22.8 Å². The number of likely N-dealkylation sites (tertiary alicyclic amines) is 1. The Labute approximate surface area is 171 Å². The molecule has 3 aromatic rings. The van der Waals surface area contributed by atoms with Crippen molar-refractivity contribution in [1.29, 1.82) is 0 Å². The number of amides is 2. The summed E-state index contributed by atoms with van der Waals surface area (Å²) in [6.07, 6.45) is 3.71. The van der Waals surface area contributed by atoms with Gasteiger partial charge >= 0.3 is 0 Å². The van der Waals surface area contributed by atoms with Crippen LogP contribution in [0.15, 0.2) is 33.4 Å². The second kappa shape index (κ2) is 7.52. The van der Waals surface area contributed by atoms with E-state index in [2.05, 4.69) is 15.2 Å². The van der Waals surface area contributed by atoms with E-state index in [0.29, 0.717) is 61.1 Å². The SMILES string of the molecule is Cc1nnc(CC(=O)N2CC[C@H]3OCCN(C(=O)c4nccc5occc45)[C@@H]3C2)o1. The van der Waals surface area contributed by atoms with E-state index in [0.717, 1.165) is 0 Å². The summed E-state index contributed by atoms with van der Waals surface area (Å²) in [5, 5.41) is 8.34. The Hall–Kier alpha value is -3.27. The third kappa shape index (κ3) is 3.32. The van der Waals surface area contributed by atoms with E-state index in [9.17, 15) is 9.59 Å². The number of pyridine rings is 1. The Morgan fingerprint density at radius 2 is 2.13 bits per heavy atom. The number of piperidine rings is 1. The van der Waals surface area contributed by atoms with Gasteiger partial charge in [-0.3, -0.25) is 14.6 Å². The summed E-state index contributed by atoms with van der Waals surface area (Å²) >= 11 is 0. The third-order valence-electron chi connectivity index (χ3n) is 5.65. The molecule has 2 amide bonds. The highest BCUT2D eigenvalue weighted by Crippen LogP contribution is 2.27. The van der Waals surface area contributed by atoms with Gasteiger partial charge in [-0.1, -0.05) is 0 Å². The van der Waals surface area contributed by atoms with Gasteiger partial charge in [0.15, 0.2) is 0 Å². The lowest BCUT2D eigenvalue weighted by Crippen LogP contribution is -2.62. The Morgan fingerprint density at radius 1 is 1.23 bits per heavy atom. The second-order valence-electron chi connectivity index (χ2n) is 7.49. The Morgan fingerprint density at radius 3 is 2.97 bits per heavy atom. The van der Waals surface area contributed by atoms with Crippen LogP contribution < -0.4 is 0 Å². The molecule has 10 heteroatoms. The number of morpholine rings is 1. The summed E-state index contributed by atoms with van der Waals surface area (Å²) in [5.74, 6) is 0.436. The van der Waals surface area contributed by atoms with Gasteiger partial charge < -0.3 is 23.4 Å². The first-order valence-electron chi connectivity index (χ1n) is 9.91. The van der Waals surface area contributed by atoms with Crippen LogP contribution in [-0.4, -0.2) is 75.2 Å². The fraction of sp³-hybridized carbons (Fsp3) is 0.450. The lowest BCUT2D eigenvalue weighted by Gasteiger charge is -2.46. The number of rotatable bonds is 3. The molecule has 2 saturated heterocycles. The van der Waals surface area contributed by atoms with E-state index in [1.54, 1.807) is 41.3 Å². The molecule has 0 N–H and O–H groups in total. The molecular formula is C20H21N5O5. The highest BCUT2D eigenvalue weighted by Gasteiger charge is 2.41. The molecule has 156 valence electrons. The van der Waals surface area contributed by atoms with E-state index in [1.165, 1.54) is 0 Å². The van der Waals surface area contributed by atoms with Crippen LogP contribution in [0.5, 0.6) is 0 Å². The number of aromatic nitrogens is 3. The van der Waals surface area contributed by atoms with Gasteiger partial charge in [0.1, 0.15) is 17.7 Å². The lowest BCUT2D eigenvalue weighted by molar-refractivity contribution is -0.140. The van der Waals surface area contributed by atoms with Gasteiger partial charge in [-0.05, 0) is 18.6 Å². The number of furan rings is 1. The molecule has 0 radical (unpaired) electrons. The van der Waals surface area contributed by atoms with Crippen LogP contribution in [0.1, 0.15) is 28.7 Å². The number of ether oxygens (including phenoxy) is 1. The summed E-state index contributed by atoms with van der Waals surface area (Å²) < 4.78 is 16.6. The maximum atomic E-state index is 13.4. The fourth-order valence-corrected chi connectivity index (χ4v) is 4.20. The van der Waals surface area contributed by atoms with E-state index in [1.807, 2.05) is 0 Å². The lowest BCUT2D eigenvalue weighted by atomic mass is 9.97. The zero-order valence-corrected chi connectivity index (χ0v) is 16.5. The molecule has 5 heterocycles. The first-order chi connectivity index (χ1) is 14.6. The molecule has 0 aromatic carbocycles. The van der Waals surface area contributed by atoms with Gasteiger partial charge in [-0.25, -0.2) is 0 Å². The van der Waals surface area contributed by atoms with Crippen LogP contribution in [0, 0.1) is 6.92 Å². The van der Waals surface area contributed by atoms with Crippen LogP contribution >= 0.6 is 0 Å². The molecule has 0 aliphatic carbocycles. The largest absolute Gasteiger partial charge is 0.464 e. The molecule has 0 unspecified atom stereocenters. The van der Waals surface area contributed by atoms with Crippen molar-refractivity contribution in [2.75, 3.05) is 26.2 Å². The molecule has 2 aliphatic rings. The van der Waals surface area contributed by atoms with Gasteiger partial charge in [0.25, 0.3) is 5.91 Å². The van der Waals surface area contributed by atoms with Crippen LogP contribution in [0.4, 0.5) is 0 Å². The molecular weight excluding hydrogens is 390 g/mol. The molecule has 2 aliphatic heterocycles. The smallest absolute Gasteiger partial charge is 0.273 e. The Kier molecular flexibility index (Phi) is 4.70. The molecule has 3 aromatic heterocycles. The topological polar surface area (TPSA) is 115 Å². The number of hydrogen-bond acceptors (Lipinski definition) is 8. The average Bonchev–Trinajstić information content (AvgIpc) is 3.40. The third-order valence-corrected chi connectivity index (χ3v) is 5.65. The van der Waals surface area contributed by atoms with Gasteiger partial charge in [-0.15, -0.1) is 10.2 Å². The molecule has 0 saturated carbocycles. The van der Waals surface area contributed by atoms with E-state index in [4.69, 9.17) is 13.6 Å². The maximum Gasteiger partial charge on any atom is 0.273 e. The number of nitrogens with zero attached hydrogens (tertiary/aromatic N) is 5. The maximum absolute atomic E-state index is 13.4. The first-order valence-corrected chi connectivity index (χ1v) is 9.91. The normalized spacial score (nSPS) is 21.6. The van der Waals surface area contributed by atoms with Crippen molar-refractivity contribution in [3.05, 3.63) is 42.1 Å². The van der Waals surface area contributed by atoms with E-state index in [-0.39, 0.29) is 30.4 Å². The van der Waals surface area contributed by atoms with E-state index < -0.39 is 0 Å². The Bertz CT molecular complexity index is 1090. The van der Waals surface area contributed by atoms with Crippen LogP contribution in [0.3, 0.4) is 0 Å². The summed E-state index contributed by atoms with van der Waals surface area (Å²) in [6, 6.07) is 3.24. The highest BCUT2D eigenvalue weighted by molar-refractivity contribution is 6.04. The minimum absolute atomic E-state index is 0.0446. The van der Waals surface area contributed by atoms with Crippen molar-refractivity contribution in [2.24, 2.45) is 0 Å². The number of carbonyl (C=O) groups is 2. The van der Waals surface area contributed by atoms with Crippen molar-refractivity contribution in [1.82, 2.24) is 25.0 Å². The van der Waals surface area contributed by atoms with Crippen LogP contribution in [-0.2, 0) is 16.0 Å². The minimum atomic E-state index is -0.239. The van der Waals surface area contributed by atoms with Gasteiger partial charge in [-0.2, -0.15) is 0 Å². The predicted octanol–water partition coefficient (Wildman–Crippen LogP) is 1.20. The number of hydrogen-bond donors (Lipinski definition) is 0. The standard InChI is InChI=1S/C20H21N5O5/c1-12-22-23-17(30-12)10-18(26)24-6-3-16-14(11-24)25(7-9-29-16)20(27)19-13-4-8-28-15(13)2-5-21-19/h2,4-5,8,14,16H,3,6-7,9-11H2,1H3/t14-,16-/m1/s1. The van der Waals surface area contributed by atoms with Crippen molar-refractivity contribution in [3.63, 3.8) is 0 Å². The average molecular weight is 411 g/mol. The van der Waals surface area contributed by atoms with E-state index >= 15 is 0 Å². The fourth-order valence-electron chi connectivity index (χ4n) is 4.20.